The average Bonchev–Trinajstić information content (AvgIpc) is 2.77. The molecule has 0 aliphatic heterocycles. The van der Waals surface area contributed by atoms with Crippen molar-refractivity contribution >= 4 is 15.9 Å². The first-order chi connectivity index (χ1) is 8.70. The molecular formula is C14H17BrN2O. The topological polar surface area (TPSA) is 27.1 Å². The summed E-state index contributed by atoms with van der Waals surface area (Å²) in [6, 6.07) is 6.21. The molecule has 0 saturated heterocycles. The molecular weight excluding hydrogens is 292 g/mol. The zero-order chi connectivity index (χ0) is 13.0. The van der Waals surface area contributed by atoms with E-state index in [9.17, 15) is 0 Å². The van der Waals surface area contributed by atoms with Gasteiger partial charge >= 0.3 is 0 Å². The molecule has 0 atom stereocenters. The van der Waals surface area contributed by atoms with Crippen molar-refractivity contribution in [3.05, 3.63) is 47.3 Å². The van der Waals surface area contributed by atoms with E-state index in [-0.39, 0.29) is 0 Å². The minimum absolute atomic E-state index is 0.677. The summed E-state index contributed by atoms with van der Waals surface area (Å²) in [7, 11) is 1.93. The third kappa shape index (κ3) is 3.13. The number of ether oxygens (including phenoxy) is 1. The molecule has 0 saturated carbocycles. The van der Waals surface area contributed by atoms with Crippen LogP contribution in [0.5, 0.6) is 5.75 Å². The molecule has 0 aliphatic rings. The molecule has 1 aromatic heterocycles. The highest BCUT2D eigenvalue weighted by molar-refractivity contribution is 9.08. The number of nitrogens with zero attached hydrogens (tertiary/aromatic N) is 2. The predicted octanol–water partition coefficient (Wildman–Crippen LogP) is 3.24. The van der Waals surface area contributed by atoms with Crippen molar-refractivity contribution < 1.29 is 4.74 Å². The van der Waals surface area contributed by atoms with E-state index in [0.717, 1.165) is 17.5 Å². The lowest BCUT2D eigenvalue weighted by molar-refractivity contribution is 0.317. The van der Waals surface area contributed by atoms with Crippen molar-refractivity contribution in [1.82, 2.24) is 9.78 Å². The van der Waals surface area contributed by atoms with Gasteiger partial charge in [0.05, 0.1) is 12.8 Å². The lowest BCUT2D eigenvalue weighted by Gasteiger charge is -2.12. The molecule has 18 heavy (non-hydrogen) atoms. The van der Waals surface area contributed by atoms with Crippen LogP contribution < -0.4 is 4.74 Å². The number of halogens is 1. The maximum Gasteiger partial charge on any atom is 0.126 e. The van der Waals surface area contributed by atoms with Gasteiger partial charge in [0.25, 0.3) is 0 Å². The second kappa shape index (κ2) is 6.05. The van der Waals surface area contributed by atoms with Crippen molar-refractivity contribution in [1.29, 1.82) is 0 Å². The molecule has 1 heterocycles. The average molecular weight is 309 g/mol. The van der Waals surface area contributed by atoms with Gasteiger partial charge in [-0.25, -0.2) is 0 Å². The van der Waals surface area contributed by atoms with Crippen LogP contribution in [0, 0.1) is 6.92 Å². The van der Waals surface area contributed by atoms with E-state index in [4.69, 9.17) is 4.74 Å². The minimum Gasteiger partial charge on any atom is -0.493 e. The van der Waals surface area contributed by atoms with Crippen molar-refractivity contribution in [2.24, 2.45) is 7.05 Å². The molecule has 1 aromatic carbocycles. The molecule has 0 radical (unpaired) electrons. The molecule has 0 unspecified atom stereocenters. The Morgan fingerprint density at radius 1 is 1.39 bits per heavy atom. The van der Waals surface area contributed by atoms with E-state index in [1.807, 2.05) is 24.1 Å². The van der Waals surface area contributed by atoms with Gasteiger partial charge in [-0.15, -0.1) is 0 Å². The van der Waals surface area contributed by atoms with E-state index in [0.29, 0.717) is 6.61 Å². The highest BCUT2D eigenvalue weighted by Gasteiger charge is 2.06. The summed E-state index contributed by atoms with van der Waals surface area (Å²) >= 11 is 3.49. The van der Waals surface area contributed by atoms with Crippen LogP contribution in [0.25, 0.3) is 0 Å². The van der Waals surface area contributed by atoms with Crippen LogP contribution in [0.2, 0.25) is 0 Å². The largest absolute Gasteiger partial charge is 0.493 e. The number of benzene rings is 1. The van der Waals surface area contributed by atoms with Gasteiger partial charge in [-0.05, 0) is 18.1 Å². The Balaban J connectivity index is 1.98. The summed E-state index contributed by atoms with van der Waals surface area (Å²) in [6.07, 6.45) is 4.78. The van der Waals surface area contributed by atoms with Crippen LogP contribution in [-0.2, 0) is 18.8 Å². The summed E-state index contributed by atoms with van der Waals surface area (Å²) in [4.78, 5) is 0. The van der Waals surface area contributed by atoms with Crippen LogP contribution >= 0.6 is 15.9 Å². The van der Waals surface area contributed by atoms with E-state index in [1.54, 1.807) is 0 Å². The molecule has 2 rings (SSSR count). The van der Waals surface area contributed by atoms with Gasteiger partial charge in [-0.3, -0.25) is 4.68 Å². The summed E-state index contributed by atoms with van der Waals surface area (Å²) in [5.41, 5.74) is 3.57. The van der Waals surface area contributed by atoms with E-state index in [1.165, 1.54) is 16.7 Å². The molecule has 2 aromatic rings. The van der Waals surface area contributed by atoms with Gasteiger partial charge in [0, 0.05) is 30.6 Å². The Morgan fingerprint density at radius 2 is 2.22 bits per heavy atom. The fourth-order valence-electron chi connectivity index (χ4n) is 1.90. The van der Waals surface area contributed by atoms with Gasteiger partial charge in [0.15, 0.2) is 0 Å². The lowest BCUT2D eigenvalue weighted by Crippen LogP contribution is -2.04. The van der Waals surface area contributed by atoms with Crippen molar-refractivity contribution in [3.8, 4) is 5.75 Å². The molecule has 0 amide bonds. The Hall–Kier alpha value is -1.29. The van der Waals surface area contributed by atoms with Crippen LogP contribution in [0.3, 0.4) is 0 Å². The van der Waals surface area contributed by atoms with Gasteiger partial charge in [0.2, 0.25) is 0 Å². The number of para-hydroxylation sites is 1. The quantitative estimate of drug-likeness (QED) is 0.793. The monoisotopic (exact) mass is 308 g/mol. The lowest BCUT2D eigenvalue weighted by atomic mass is 10.1. The predicted molar refractivity (Wildman–Crippen MR) is 76.2 cm³/mol. The number of alkyl halides is 1. The van der Waals surface area contributed by atoms with Crippen molar-refractivity contribution in [2.75, 3.05) is 6.61 Å². The zero-order valence-corrected chi connectivity index (χ0v) is 12.3. The normalized spacial score (nSPS) is 10.6. The van der Waals surface area contributed by atoms with Crippen molar-refractivity contribution in [2.45, 2.75) is 18.7 Å². The zero-order valence-electron chi connectivity index (χ0n) is 10.7. The molecule has 96 valence electrons. The second-order valence-electron chi connectivity index (χ2n) is 4.32. The number of aryl methyl sites for hydroxylation is 2. The number of rotatable bonds is 5. The van der Waals surface area contributed by atoms with E-state index in [2.05, 4.69) is 46.2 Å². The fourth-order valence-corrected chi connectivity index (χ4v) is 2.34. The maximum atomic E-state index is 5.90. The summed E-state index contributed by atoms with van der Waals surface area (Å²) < 4.78 is 7.72. The van der Waals surface area contributed by atoms with E-state index < -0.39 is 0 Å². The summed E-state index contributed by atoms with van der Waals surface area (Å²) in [5, 5.41) is 4.96. The first kappa shape index (κ1) is 13.1. The Bertz CT molecular complexity index is 522. The third-order valence-corrected chi connectivity index (χ3v) is 3.44. The molecule has 0 spiro atoms. The van der Waals surface area contributed by atoms with Crippen LogP contribution in [-0.4, -0.2) is 16.4 Å². The van der Waals surface area contributed by atoms with Gasteiger partial charge in [-0.2, -0.15) is 5.10 Å². The Kier molecular flexibility index (Phi) is 4.42. The molecule has 3 nitrogen and oxygen atoms in total. The second-order valence-corrected chi connectivity index (χ2v) is 4.88. The number of hydrogen-bond donors (Lipinski definition) is 0. The third-order valence-electron chi connectivity index (χ3n) is 2.83. The summed E-state index contributed by atoms with van der Waals surface area (Å²) in [6.45, 7) is 2.75. The van der Waals surface area contributed by atoms with Crippen LogP contribution in [0.1, 0.15) is 16.7 Å². The van der Waals surface area contributed by atoms with Gasteiger partial charge in [0.1, 0.15) is 5.75 Å². The highest BCUT2D eigenvalue weighted by atomic mass is 79.9. The molecule has 0 N–H and O–H groups in total. The molecule has 0 fully saturated rings. The number of aromatic nitrogens is 2. The first-order valence-electron chi connectivity index (χ1n) is 5.95. The molecule has 0 aliphatic carbocycles. The Morgan fingerprint density at radius 3 is 2.89 bits per heavy atom. The van der Waals surface area contributed by atoms with Crippen molar-refractivity contribution in [3.63, 3.8) is 0 Å². The number of hydrogen-bond acceptors (Lipinski definition) is 2. The fraction of sp³-hybridized carbons (Fsp3) is 0.357. The minimum atomic E-state index is 0.677. The maximum absolute atomic E-state index is 5.90. The first-order valence-corrected chi connectivity index (χ1v) is 7.07. The summed E-state index contributed by atoms with van der Waals surface area (Å²) in [5.74, 6) is 0.998. The van der Waals surface area contributed by atoms with E-state index >= 15 is 0 Å². The SMILES string of the molecule is Cc1cccc(CBr)c1OCCc1cnn(C)c1. The smallest absolute Gasteiger partial charge is 0.126 e. The van der Waals surface area contributed by atoms with Gasteiger partial charge in [-0.1, -0.05) is 34.1 Å². The molecule has 4 heteroatoms. The van der Waals surface area contributed by atoms with Crippen LogP contribution in [0.4, 0.5) is 0 Å². The standard InChI is InChI=1S/C14H17BrN2O/c1-11-4-3-5-13(8-15)14(11)18-7-6-12-9-16-17(2)10-12/h3-5,9-10H,6-8H2,1-2H3. The van der Waals surface area contributed by atoms with Crippen LogP contribution in [0.15, 0.2) is 30.6 Å². The Labute approximate surface area is 116 Å². The molecule has 0 bridgehead atoms. The highest BCUT2D eigenvalue weighted by Crippen LogP contribution is 2.25. The van der Waals surface area contributed by atoms with Gasteiger partial charge < -0.3 is 4.74 Å².